The molecule has 1 aromatic rings. The minimum atomic E-state index is -4.54. The molecule has 0 bridgehead atoms. The molecule has 0 heterocycles. The van der Waals surface area contributed by atoms with Gasteiger partial charge in [-0.15, -0.1) is 11.6 Å². The fourth-order valence-electron chi connectivity index (χ4n) is 1.17. The molecule has 0 amide bonds. The molecule has 0 aliphatic heterocycles. The summed E-state index contributed by atoms with van der Waals surface area (Å²) < 4.78 is 50.0. The Morgan fingerprint density at radius 3 is 2.50 bits per heavy atom. The number of benzene rings is 1. The highest BCUT2D eigenvalue weighted by atomic mass is 35.5. The first-order valence-corrected chi connectivity index (χ1v) is 4.73. The minimum Gasteiger partial charge on any atom is -0.302 e. The lowest BCUT2D eigenvalue weighted by atomic mass is 10.1. The molecule has 1 rings (SSSR count). The molecule has 1 unspecified atom stereocenters. The second-order valence-corrected chi connectivity index (χ2v) is 3.72. The van der Waals surface area contributed by atoms with Crippen LogP contribution in [-0.2, 0) is 17.4 Å². The number of alkyl halides is 4. The van der Waals surface area contributed by atoms with Crippen LogP contribution in [-0.4, -0.2) is 11.7 Å². The molecule has 0 aliphatic rings. The van der Waals surface area contributed by atoms with E-state index in [1.165, 1.54) is 0 Å². The van der Waals surface area contributed by atoms with Gasteiger partial charge in [0.1, 0.15) is 12.1 Å². The second kappa shape index (κ2) is 4.82. The van der Waals surface area contributed by atoms with Crippen molar-refractivity contribution in [3.63, 3.8) is 0 Å². The summed E-state index contributed by atoms with van der Waals surface area (Å²) in [6.07, 6.45) is -4.45. The molecule has 88 valence electrons. The molecule has 0 aliphatic carbocycles. The molecular formula is C10H7ClF4O. The van der Waals surface area contributed by atoms with Crippen molar-refractivity contribution in [3.8, 4) is 0 Å². The SMILES string of the molecule is O=CC(Cl)Cc1cc(C(F)(F)F)ccc1F. The second-order valence-electron chi connectivity index (χ2n) is 3.16. The van der Waals surface area contributed by atoms with Crippen LogP contribution in [0.3, 0.4) is 0 Å². The molecule has 0 fully saturated rings. The average molecular weight is 255 g/mol. The van der Waals surface area contributed by atoms with Crippen molar-refractivity contribution >= 4 is 17.9 Å². The van der Waals surface area contributed by atoms with E-state index in [2.05, 4.69) is 0 Å². The van der Waals surface area contributed by atoms with E-state index in [1.807, 2.05) is 0 Å². The average Bonchev–Trinajstić information content (AvgIpc) is 2.19. The van der Waals surface area contributed by atoms with Crippen molar-refractivity contribution in [1.29, 1.82) is 0 Å². The Bertz CT molecular complexity index is 389. The summed E-state index contributed by atoms with van der Waals surface area (Å²) in [5.41, 5.74) is -1.18. The van der Waals surface area contributed by atoms with E-state index in [9.17, 15) is 22.4 Å². The number of hydrogen-bond acceptors (Lipinski definition) is 1. The summed E-state index contributed by atoms with van der Waals surface area (Å²) in [6.45, 7) is 0. The van der Waals surface area contributed by atoms with Crippen LogP contribution in [0.5, 0.6) is 0 Å². The minimum absolute atomic E-state index is 0.220. The fourth-order valence-corrected chi connectivity index (χ4v) is 1.33. The standard InChI is InChI=1S/C10H7ClF4O/c11-8(5-16)4-6-3-7(10(13,14)15)1-2-9(6)12/h1-3,5,8H,4H2. The van der Waals surface area contributed by atoms with E-state index in [1.54, 1.807) is 0 Å². The predicted octanol–water partition coefficient (Wildman–Crippen LogP) is 3.19. The van der Waals surface area contributed by atoms with E-state index in [0.717, 1.165) is 0 Å². The fraction of sp³-hybridized carbons (Fsp3) is 0.300. The number of carbonyl (C=O) groups is 1. The summed E-state index contributed by atoms with van der Waals surface area (Å²) in [5, 5.41) is -1.03. The number of aldehydes is 1. The van der Waals surface area contributed by atoms with Gasteiger partial charge in [-0.2, -0.15) is 13.2 Å². The van der Waals surface area contributed by atoms with Crippen LogP contribution < -0.4 is 0 Å². The summed E-state index contributed by atoms with van der Waals surface area (Å²) in [5.74, 6) is -0.805. The Morgan fingerprint density at radius 2 is 2.00 bits per heavy atom. The van der Waals surface area contributed by atoms with Crippen molar-refractivity contribution in [2.45, 2.75) is 18.0 Å². The van der Waals surface area contributed by atoms with Crippen LogP contribution in [0.25, 0.3) is 0 Å². The first-order valence-electron chi connectivity index (χ1n) is 4.29. The monoisotopic (exact) mass is 254 g/mol. The van der Waals surface area contributed by atoms with Gasteiger partial charge in [-0.05, 0) is 30.2 Å². The van der Waals surface area contributed by atoms with E-state index in [0.29, 0.717) is 24.5 Å². The molecule has 16 heavy (non-hydrogen) atoms. The highest BCUT2D eigenvalue weighted by Gasteiger charge is 2.31. The van der Waals surface area contributed by atoms with Crippen molar-refractivity contribution in [3.05, 3.63) is 35.1 Å². The summed E-state index contributed by atoms with van der Waals surface area (Å²) in [6, 6.07) is 2.02. The van der Waals surface area contributed by atoms with Crippen molar-refractivity contribution in [1.82, 2.24) is 0 Å². The first kappa shape index (κ1) is 13.0. The maximum absolute atomic E-state index is 13.1. The highest BCUT2D eigenvalue weighted by Crippen LogP contribution is 2.30. The van der Waals surface area contributed by atoms with Gasteiger partial charge in [0.25, 0.3) is 0 Å². The molecule has 0 spiro atoms. The van der Waals surface area contributed by atoms with Gasteiger partial charge in [0.05, 0.1) is 10.9 Å². The zero-order valence-electron chi connectivity index (χ0n) is 7.89. The number of hydrogen-bond donors (Lipinski definition) is 0. The van der Waals surface area contributed by atoms with Crippen LogP contribution in [0, 0.1) is 5.82 Å². The Hall–Kier alpha value is -1.10. The van der Waals surface area contributed by atoms with E-state index < -0.39 is 22.9 Å². The first-order chi connectivity index (χ1) is 7.34. The molecule has 1 atom stereocenters. The summed E-state index contributed by atoms with van der Waals surface area (Å²) >= 11 is 5.42. The smallest absolute Gasteiger partial charge is 0.302 e. The van der Waals surface area contributed by atoms with Gasteiger partial charge in [-0.3, -0.25) is 0 Å². The number of rotatable bonds is 3. The molecule has 1 nitrogen and oxygen atoms in total. The molecule has 0 aromatic heterocycles. The van der Waals surface area contributed by atoms with E-state index >= 15 is 0 Å². The Kier molecular flexibility index (Phi) is 3.91. The lowest BCUT2D eigenvalue weighted by Crippen LogP contribution is -2.10. The van der Waals surface area contributed by atoms with Gasteiger partial charge >= 0.3 is 6.18 Å². The molecule has 1 aromatic carbocycles. The molecular weight excluding hydrogens is 248 g/mol. The van der Waals surface area contributed by atoms with Crippen LogP contribution in [0.15, 0.2) is 18.2 Å². The molecule has 0 radical (unpaired) electrons. The Labute approximate surface area is 94.0 Å². The summed E-state index contributed by atoms with van der Waals surface area (Å²) in [7, 11) is 0. The summed E-state index contributed by atoms with van der Waals surface area (Å²) in [4.78, 5) is 10.2. The normalized spacial score (nSPS) is 13.6. The zero-order chi connectivity index (χ0) is 12.3. The highest BCUT2D eigenvalue weighted by molar-refractivity contribution is 6.27. The third-order valence-corrected chi connectivity index (χ3v) is 2.19. The molecule has 0 saturated carbocycles. The lowest BCUT2D eigenvalue weighted by Gasteiger charge is -2.10. The van der Waals surface area contributed by atoms with Gasteiger partial charge in [0.2, 0.25) is 0 Å². The Morgan fingerprint density at radius 1 is 1.38 bits per heavy atom. The number of halogens is 5. The lowest BCUT2D eigenvalue weighted by molar-refractivity contribution is -0.137. The van der Waals surface area contributed by atoms with Crippen molar-refractivity contribution < 1.29 is 22.4 Å². The molecule has 0 saturated heterocycles. The van der Waals surface area contributed by atoms with Gasteiger partial charge in [0.15, 0.2) is 0 Å². The maximum Gasteiger partial charge on any atom is 0.416 e. The number of carbonyl (C=O) groups excluding carboxylic acids is 1. The molecule has 6 heteroatoms. The van der Waals surface area contributed by atoms with Gasteiger partial charge in [-0.25, -0.2) is 4.39 Å². The largest absolute Gasteiger partial charge is 0.416 e. The van der Waals surface area contributed by atoms with Crippen molar-refractivity contribution in [2.24, 2.45) is 0 Å². The topological polar surface area (TPSA) is 17.1 Å². The van der Waals surface area contributed by atoms with Gasteiger partial charge in [0, 0.05) is 0 Å². The quantitative estimate of drug-likeness (QED) is 0.460. The van der Waals surface area contributed by atoms with E-state index in [4.69, 9.17) is 11.6 Å². The van der Waals surface area contributed by atoms with Crippen LogP contribution in [0.2, 0.25) is 0 Å². The maximum atomic E-state index is 13.1. The third kappa shape index (κ3) is 3.20. The van der Waals surface area contributed by atoms with Gasteiger partial charge < -0.3 is 4.79 Å². The van der Waals surface area contributed by atoms with Crippen LogP contribution in [0.4, 0.5) is 17.6 Å². The zero-order valence-corrected chi connectivity index (χ0v) is 8.65. The van der Waals surface area contributed by atoms with Gasteiger partial charge in [-0.1, -0.05) is 0 Å². The van der Waals surface area contributed by atoms with E-state index in [-0.39, 0.29) is 12.0 Å². The van der Waals surface area contributed by atoms with Crippen LogP contribution >= 0.6 is 11.6 Å². The Balaban J connectivity index is 3.04. The third-order valence-electron chi connectivity index (χ3n) is 1.94. The molecule has 0 N–H and O–H groups in total. The van der Waals surface area contributed by atoms with Crippen LogP contribution in [0.1, 0.15) is 11.1 Å². The van der Waals surface area contributed by atoms with Crippen molar-refractivity contribution in [2.75, 3.05) is 0 Å². The predicted molar refractivity (Wildman–Crippen MR) is 50.8 cm³/mol.